The highest BCUT2D eigenvalue weighted by atomic mass is 16.6. The Morgan fingerprint density at radius 3 is 2.79 bits per heavy atom. The van der Waals surface area contributed by atoms with Crippen LogP contribution in [0.2, 0.25) is 0 Å². The number of nitro benzene ring substituents is 1. The Morgan fingerprint density at radius 2 is 2.08 bits per heavy atom. The van der Waals surface area contributed by atoms with Crippen molar-refractivity contribution in [2.45, 2.75) is 13.3 Å². The summed E-state index contributed by atoms with van der Waals surface area (Å²) in [4.78, 5) is 26.0. The minimum Gasteiger partial charge on any atom is -0.507 e. The van der Waals surface area contributed by atoms with Crippen molar-refractivity contribution in [2.75, 3.05) is 11.9 Å². The van der Waals surface area contributed by atoms with Gasteiger partial charge in [0.25, 0.3) is 5.69 Å². The van der Waals surface area contributed by atoms with Gasteiger partial charge in [-0.3, -0.25) is 19.9 Å². The number of carbonyl (C=O) groups excluding carboxylic acids is 1. The molecule has 0 aliphatic heterocycles. The highest BCUT2D eigenvalue weighted by molar-refractivity contribution is 5.94. The number of phenols is 1. The van der Waals surface area contributed by atoms with E-state index in [1.54, 1.807) is 0 Å². The van der Waals surface area contributed by atoms with Gasteiger partial charge >= 0.3 is 0 Å². The molecule has 0 saturated heterocycles. The monoisotopic (exact) mass is 327 g/mol. The Morgan fingerprint density at radius 1 is 1.33 bits per heavy atom. The molecule has 2 aromatic rings. The summed E-state index contributed by atoms with van der Waals surface area (Å²) in [5.41, 5.74) is 1.78. The van der Waals surface area contributed by atoms with E-state index in [1.807, 2.05) is 31.2 Å². The molecule has 0 spiro atoms. The third kappa shape index (κ3) is 4.39. The number of benzene rings is 2. The van der Waals surface area contributed by atoms with Crippen LogP contribution in [0.25, 0.3) is 0 Å². The topological polar surface area (TPSA) is 105 Å². The number of non-ortho nitro benzene ring substituents is 1. The van der Waals surface area contributed by atoms with Gasteiger partial charge in [0.2, 0.25) is 5.91 Å². The van der Waals surface area contributed by atoms with Crippen molar-refractivity contribution >= 4 is 23.5 Å². The van der Waals surface area contributed by atoms with Crippen LogP contribution in [0.5, 0.6) is 5.75 Å². The molecular formula is C17H17N3O4. The number of aromatic hydroxyl groups is 1. The van der Waals surface area contributed by atoms with Crippen LogP contribution in [0, 0.1) is 10.1 Å². The lowest BCUT2D eigenvalue weighted by Gasteiger charge is -2.08. The van der Waals surface area contributed by atoms with E-state index in [2.05, 4.69) is 10.3 Å². The molecule has 0 fully saturated rings. The van der Waals surface area contributed by atoms with Crippen LogP contribution in [0.3, 0.4) is 0 Å². The number of nitrogens with one attached hydrogen (secondary N) is 1. The molecule has 2 aromatic carbocycles. The quantitative estimate of drug-likeness (QED) is 0.483. The average molecular weight is 327 g/mol. The predicted octanol–water partition coefficient (Wildman–Crippen LogP) is 2.92. The molecule has 1 amide bonds. The summed E-state index contributed by atoms with van der Waals surface area (Å²) in [6.45, 7) is 1.84. The molecule has 0 unspecified atom stereocenters. The number of nitrogens with zero attached hydrogens (tertiary/aromatic N) is 2. The van der Waals surface area contributed by atoms with Gasteiger partial charge in [0.1, 0.15) is 12.3 Å². The highest BCUT2D eigenvalue weighted by Gasteiger charge is 2.09. The fraction of sp³-hybridized carbons (Fsp3) is 0.176. The van der Waals surface area contributed by atoms with E-state index in [9.17, 15) is 20.0 Å². The average Bonchev–Trinajstić information content (AvgIpc) is 2.56. The zero-order valence-electron chi connectivity index (χ0n) is 13.1. The Kier molecular flexibility index (Phi) is 5.62. The van der Waals surface area contributed by atoms with E-state index in [0.717, 1.165) is 17.7 Å². The largest absolute Gasteiger partial charge is 0.507 e. The normalized spacial score (nSPS) is 10.7. The van der Waals surface area contributed by atoms with Crippen molar-refractivity contribution in [3.05, 3.63) is 63.7 Å². The molecule has 0 aromatic heterocycles. The molecule has 2 rings (SSSR count). The second-order valence-electron chi connectivity index (χ2n) is 5.03. The Hall–Kier alpha value is -3.22. The summed E-state index contributed by atoms with van der Waals surface area (Å²) < 4.78 is 0. The first-order valence-corrected chi connectivity index (χ1v) is 7.36. The Balaban J connectivity index is 2.02. The van der Waals surface area contributed by atoms with Gasteiger partial charge in [-0.15, -0.1) is 0 Å². The summed E-state index contributed by atoms with van der Waals surface area (Å²) in [6.07, 6.45) is 2.04. The lowest BCUT2D eigenvalue weighted by atomic mass is 10.1. The summed E-state index contributed by atoms with van der Waals surface area (Å²) in [5.74, 6) is -0.446. The summed E-state index contributed by atoms with van der Waals surface area (Å²) in [5, 5.41) is 23.2. The van der Waals surface area contributed by atoms with E-state index >= 15 is 0 Å². The van der Waals surface area contributed by atoms with E-state index in [1.165, 1.54) is 24.4 Å². The number of carbonyl (C=O) groups is 1. The lowest BCUT2D eigenvalue weighted by molar-refractivity contribution is -0.384. The molecule has 0 saturated carbocycles. The lowest BCUT2D eigenvalue weighted by Crippen LogP contribution is -2.16. The van der Waals surface area contributed by atoms with Crippen LogP contribution in [0.15, 0.2) is 47.5 Å². The predicted molar refractivity (Wildman–Crippen MR) is 91.7 cm³/mol. The molecule has 0 radical (unpaired) electrons. The van der Waals surface area contributed by atoms with E-state index in [-0.39, 0.29) is 29.5 Å². The molecule has 0 aliphatic rings. The molecule has 0 heterocycles. The van der Waals surface area contributed by atoms with Crippen LogP contribution in [-0.2, 0) is 11.2 Å². The number of phenolic OH excluding ortho intramolecular Hbond substituents is 1. The number of nitro groups is 1. The third-order valence-electron chi connectivity index (χ3n) is 3.36. The fourth-order valence-electron chi connectivity index (χ4n) is 2.13. The highest BCUT2D eigenvalue weighted by Crippen LogP contribution is 2.21. The van der Waals surface area contributed by atoms with Crippen LogP contribution >= 0.6 is 0 Å². The minimum absolute atomic E-state index is 0.138. The van der Waals surface area contributed by atoms with Crippen LogP contribution < -0.4 is 5.32 Å². The molecule has 7 heteroatoms. The first-order valence-electron chi connectivity index (χ1n) is 7.36. The van der Waals surface area contributed by atoms with Crippen LogP contribution in [0.1, 0.15) is 18.1 Å². The number of aryl methyl sites for hydroxylation is 1. The third-order valence-corrected chi connectivity index (χ3v) is 3.36. The second kappa shape index (κ2) is 7.87. The van der Waals surface area contributed by atoms with Crippen molar-refractivity contribution in [1.29, 1.82) is 0 Å². The number of rotatable bonds is 6. The van der Waals surface area contributed by atoms with Crippen molar-refractivity contribution in [2.24, 2.45) is 4.99 Å². The van der Waals surface area contributed by atoms with Gasteiger partial charge in [0.15, 0.2) is 0 Å². The van der Waals surface area contributed by atoms with Gasteiger partial charge in [-0.1, -0.05) is 25.1 Å². The summed E-state index contributed by atoms with van der Waals surface area (Å²) in [7, 11) is 0. The Labute approximate surface area is 138 Å². The molecule has 2 N–H and O–H groups in total. The minimum atomic E-state index is -0.564. The number of aliphatic imine (C=N–C) groups is 1. The van der Waals surface area contributed by atoms with Gasteiger partial charge in [-0.2, -0.15) is 0 Å². The van der Waals surface area contributed by atoms with Crippen molar-refractivity contribution in [1.82, 2.24) is 0 Å². The smallest absolute Gasteiger partial charge is 0.270 e. The SMILES string of the molecule is CCc1ccccc1NC(=O)CN=Cc1cc([N+](=O)[O-])ccc1O. The standard InChI is InChI=1S/C17H17N3O4/c1-2-12-5-3-4-6-15(12)19-17(22)11-18-10-13-9-14(20(23)24)7-8-16(13)21/h3-10,21H,2,11H2,1H3,(H,19,22). The number of hydrogen-bond donors (Lipinski definition) is 2. The number of hydrogen-bond acceptors (Lipinski definition) is 5. The molecule has 0 aliphatic carbocycles. The van der Waals surface area contributed by atoms with Gasteiger partial charge in [-0.05, 0) is 24.1 Å². The van der Waals surface area contributed by atoms with E-state index in [0.29, 0.717) is 0 Å². The van der Waals surface area contributed by atoms with E-state index < -0.39 is 4.92 Å². The number of amides is 1. The van der Waals surface area contributed by atoms with Gasteiger partial charge < -0.3 is 10.4 Å². The summed E-state index contributed by atoms with van der Waals surface area (Å²) in [6, 6.07) is 11.1. The van der Waals surface area contributed by atoms with Crippen LogP contribution in [-0.4, -0.2) is 28.7 Å². The molecule has 7 nitrogen and oxygen atoms in total. The van der Waals surface area contributed by atoms with E-state index in [4.69, 9.17) is 0 Å². The molecule has 0 bridgehead atoms. The maximum absolute atomic E-state index is 11.9. The first kappa shape index (κ1) is 17.1. The number of para-hydroxylation sites is 1. The zero-order chi connectivity index (χ0) is 17.5. The zero-order valence-corrected chi connectivity index (χ0v) is 13.1. The van der Waals surface area contributed by atoms with Crippen LogP contribution in [0.4, 0.5) is 11.4 Å². The number of anilines is 1. The molecular weight excluding hydrogens is 310 g/mol. The van der Waals surface area contributed by atoms with Gasteiger partial charge in [-0.25, -0.2) is 0 Å². The van der Waals surface area contributed by atoms with Crippen molar-refractivity contribution in [3.63, 3.8) is 0 Å². The first-order chi connectivity index (χ1) is 11.5. The van der Waals surface area contributed by atoms with Crippen molar-refractivity contribution in [3.8, 4) is 5.75 Å². The Bertz CT molecular complexity index is 787. The maximum Gasteiger partial charge on any atom is 0.270 e. The van der Waals surface area contributed by atoms with Gasteiger partial charge in [0.05, 0.1) is 4.92 Å². The maximum atomic E-state index is 11.9. The van der Waals surface area contributed by atoms with Gasteiger partial charge in [0, 0.05) is 29.6 Å². The summed E-state index contributed by atoms with van der Waals surface area (Å²) >= 11 is 0. The molecule has 124 valence electrons. The molecule has 0 atom stereocenters. The van der Waals surface area contributed by atoms with Crippen molar-refractivity contribution < 1.29 is 14.8 Å². The second-order valence-corrected chi connectivity index (χ2v) is 5.03. The fourth-order valence-corrected chi connectivity index (χ4v) is 2.13. The molecule has 24 heavy (non-hydrogen) atoms.